The number of amides is 1. The number of ether oxygens (including phenoxy) is 3. The van der Waals surface area contributed by atoms with E-state index in [0.717, 1.165) is 28.9 Å². The predicted molar refractivity (Wildman–Crippen MR) is 201 cm³/mol. The van der Waals surface area contributed by atoms with E-state index in [4.69, 9.17) is 37.4 Å². The maximum absolute atomic E-state index is 13.9. The van der Waals surface area contributed by atoms with E-state index in [2.05, 4.69) is 10.2 Å². The Kier molecular flexibility index (Phi) is 11.8. The number of carbonyl (C=O) groups excluding carboxylic acids is 2. The van der Waals surface area contributed by atoms with Gasteiger partial charge in [-0.1, -0.05) is 95.7 Å². The summed E-state index contributed by atoms with van der Waals surface area (Å²) in [6.07, 6.45) is 0.839. The van der Waals surface area contributed by atoms with E-state index in [1.807, 2.05) is 50.2 Å². The number of carbonyl (C=O) groups is 2. The van der Waals surface area contributed by atoms with Crippen molar-refractivity contribution in [1.29, 1.82) is 0 Å². The maximum atomic E-state index is 13.9. The Labute approximate surface area is 313 Å². The van der Waals surface area contributed by atoms with Crippen LogP contribution in [0, 0.1) is 0 Å². The van der Waals surface area contributed by atoms with Crippen molar-refractivity contribution in [2.24, 2.45) is 0 Å². The summed E-state index contributed by atoms with van der Waals surface area (Å²) in [7, 11) is 0. The number of aliphatic hydroxyl groups excluding tert-OH is 1. The van der Waals surface area contributed by atoms with E-state index < -0.39 is 17.7 Å². The van der Waals surface area contributed by atoms with E-state index in [0.29, 0.717) is 68.3 Å². The van der Waals surface area contributed by atoms with Gasteiger partial charge < -0.3 is 19.3 Å². The zero-order valence-corrected chi connectivity index (χ0v) is 30.8. The fourth-order valence-corrected chi connectivity index (χ4v) is 7.81. The van der Waals surface area contributed by atoms with Gasteiger partial charge in [0.1, 0.15) is 18.1 Å². The molecule has 51 heavy (non-hydrogen) atoms. The van der Waals surface area contributed by atoms with Crippen LogP contribution < -0.4 is 19.1 Å². The topological polar surface area (TPSA) is 111 Å². The zero-order chi connectivity index (χ0) is 35.9. The van der Waals surface area contributed by atoms with Gasteiger partial charge in [-0.25, -0.2) is 0 Å². The zero-order valence-electron chi connectivity index (χ0n) is 27.7. The van der Waals surface area contributed by atoms with Crippen molar-refractivity contribution in [2.45, 2.75) is 43.0 Å². The summed E-state index contributed by atoms with van der Waals surface area (Å²) >= 11 is 15.0. The molecule has 1 aliphatic heterocycles. The standard InChI is InChI=1S/C38H33Cl2N3O6S2/c1-3-18-48-28-15-11-24(12-16-28)34(44)32-33(25-13-17-30(31(19-25)47-4-2)49-21-23-8-6-5-7-9-23)43(36(46)35(32)45)37-41-42-38(51-37)50-22-26-10-14-27(39)20-29(26)40/h5-17,19-20,33,44H,3-4,18,21-22H2,1-2H3/b34-32+. The van der Waals surface area contributed by atoms with E-state index >= 15 is 0 Å². The van der Waals surface area contributed by atoms with Crippen molar-refractivity contribution in [2.75, 3.05) is 18.1 Å². The lowest BCUT2D eigenvalue weighted by Gasteiger charge is -2.23. The molecule has 1 amide bonds. The van der Waals surface area contributed by atoms with Crippen LogP contribution in [-0.2, 0) is 21.9 Å². The normalized spacial score (nSPS) is 15.3. The second-order valence-electron chi connectivity index (χ2n) is 11.3. The lowest BCUT2D eigenvalue weighted by molar-refractivity contribution is -0.132. The molecule has 1 aromatic heterocycles. The monoisotopic (exact) mass is 761 g/mol. The second-order valence-corrected chi connectivity index (χ2v) is 14.4. The quantitative estimate of drug-likeness (QED) is 0.0389. The highest BCUT2D eigenvalue weighted by Gasteiger charge is 2.48. The van der Waals surface area contributed by atoms with Crippen LogP contribution in [0.25, 0.3) is 5.76 Å². The number of hydrogen-bond acceptors (Lipinski definition) is 10. The van der Waals surface area contributed by atoms with Gasteiger partial charge >= 0.3 is 5.91 Å². The van der Waals surface area contributed by atoms with Gasteiger partial charge in [-0.15, -0.1) is 10.2 Å². The first-order valence-corrected chi connectivity index (χ1v) is 18.7. The van der Waals surface area contributed by atoms with Crippen molar-refractivity contribution < 1.29 is 28.9 Å². The van der Waals surface area contributed by atoms with Crippen LogP contribution in [0.4, 0.5) is 5.13 Å². The molecule has 1 saturated heterocycles. The first kappa shape index (κ1) is 36.2. The SMILES string of the molecule is CCCOc1ccc(/C(O)=C2\C(=O)C(=O)N(c3nnc(SCc4ccc(Cl)cc4Cl)s3)C2c2ccc(OCc3ccccc3)c(OCC)c2)cc1. The second kappa shape index (κ2) is 16.6. The van der Waals surface area contributed by atoms with Crippen molar-refractivity contribution in [3.05, 3.63) is 129 Å². The summed E-state index contributed by atoms with van der Waals surface area (Å²) in [6, 6.07) is 25.9. The molecule has 5 aromatic rings. The first-order chi connectivity index (χ1) is 24.8. The van der Waals surface area contributed by atoms with Gasteiger partial charge in [0.15, 0.2) is 15.8 Å². The summed E-state index contributed by atoms with van der Waals surface area (Å²) in [4.78, 5) is 29.0. The van der Waals surface area contributed by atoms with E-state index in [1.54, 1.807) is 54.6 Å². The van der Waals surface area contributed by atoms with Crippen LogP contribution in [0.15, 0.2) is 101 Å². The van der Waals surface area contributed by atoms with Crippen LogP contribution in [0.3, 0.4) is 0 Å². The molecule has 1 aliphatic rings. The van der Waals surface area contributed by atoms with Crippen LogP contribution in [-0.4, -0.2) is 40.2 Å². The number of Topliss-reactive ketones (excluding diaryl/α,β-unsaturated/α-hetero) is 1. The van der Waals surface area contributed by atoms with E-state index in [9.17, 15) is 14.7 Å². The number of nitrogens with zero attached hydrogens (tertiary/aromatic N) is 3. The number of aliphatic hydroxyl groups is 1. The molecular weight excluding hydrogens is 729 g/mol. The van der Waals surface area contributed by atoms with Gasteiger partial charge in [-0.2, -0.15) is 0 Å². The van der Waals surface area contributed by atoms with Crippen molar-refractivity contribution in [3.63, 3.8) is 0 Å². The van der Waals surface area contributed by atoms with E-state index in [-0.39, 0.29) is 16.5 Å². The number of ketones is 1. The third-order valence-corrected chi connectivity index (χ3v) is 10.5. The molecule has 0 saturated carbocycles. The summed E-state index contributed by atoms with van der Waals surface area (Å²) in [5.74, 6) is -0.0310. The third kappa shape index (κ3) is 8.34. The van der Waals surface area contributed by atoms with Gasteiger partial charge in [0.05, 0.1) is 24.8 Å². The number of rotatable bonds is 14. The highest BCUT2D eigenvalue weighted by atomic mass is 35.5. The smallest absolute Gasteiger partial charge is 0.301 e. The van der Waals surface area contributed by atoms with Crippen LogP contribution in [0.1, 0.15) is 48.6 Å². The molecule has 9 nitrogen and oxygen atoms in total. The van der Waals surface area contributed by atoms with Gasteiger partial charge in [0.25, 0.3) is 5.78 Å². The molecule has 6 rings (SSSR count). The Hall–Kier alpha value is -4.55. The predicted octanol–water partition coefficient (Wildman–Crippen LogP) is 9.53. The minimum absolute atomic E-state index is 0.0972. The molecule has 4 aromatic carbocycles. The van der Waals surface area contributed by atoms with Gasteiger partial charge in [0.2, 0.25) is 5.13 Å². The Morgan fingerprint density at radius 1 is 0.902 bits per heavy atom. The Morgan fingerprint density at radius 2 is 1.69 bits per heavy atom. The Balaban J connectivity index is 1.38. The Morgan fingerprint density at radius 3 is 2.41 bits per heavy atom. The molecule has 262 valence electrons. The molecule has 13 heteroatoms. The van der Waals surface area contributed by atoms with Gasteiger partial charge in [0, 0.05) is 21.4 Å². The van der Waals surface area contributed by atoms with Gasteiger partial charge in [-0.05, 0) is 78.6 Å². The van der Waals surface area contributed by atoms with Crippen LogP contribution >= 0.6 is 46.3 Å². The molecule has 0 aliphatic carbocycles. The number of thioether (sulfide) groups is 1. The lowest BCUT2D eigenvalue weighted by atomic mass is 9.95. The van der Waals surface area contributed by atoms with Crippen molar-refractivity contribution in [1.82, 2.24) is 10.2 Å². The van der Waals surface area contributed by atoms with Crippen molar-refractivity contribution in [3.8, 4) is 17.2 Å². The molecule has 1 N–H and O–H groups in total. The average Bonchev–Trinajstić information content (AvgIpc) is 3.71. The number of hydrogen-bond donors (Lipinski definition) is 1. The lowest BCUT2D eigenvalue weighted by Crippen LogP contribution is -2.29. The molecular formula is C38H33Cl2N3O6S2. The van der Waals surface area contributed by atoms with E-state index in [1.165, 1.54) is 16.7 Å². The highest BCUT2D eigenvalue weighted by Crippen LogP contribution is 2.46. The molecule has 0 radical (unpaired) electrons. The van der Waals surface area contributed by atoms with Crippen molar-refractivity contribution >= 4 is 68.9 Å². The first-order valence-electron chi connectivity index (χ1n) is 16.1. The van der Waals surface area contributed by atoms with Crippen LogP contribution in [0.5, 0.6) is 17.2 Å². The number of aromatic nitrogens is 2. The summed E-state index contributed by atoms with van der Waals surface area (Å²) in [6.45, 7) is 5.05. The Bertz CT molecular complexity index is 2060. The molecule has 1 fully saturated rings. The summed E-state index contributed by atoms with van der Waals surface area (Å²) in [5.41, 5.74) is 2.59. The highest BCUT2D eigenvalue weighted by molar-refractivity contribution is 8.00. The number of anilines is 1. The molecule has 1 atom stereocenters. The largest absolute Gasteiger partial charge is 0.507 e. The third-order valence-electron chi connectivity index (χ3n) is 7.83. The fourth-order valence-electron chi connectivity index (χ4n) is 5.38. The maximum Gasteiger partial charge on any atom is 0.301 e. The van der Waals surface area contributed by atoms with Gasteiger partial charge in [-0.3, -0.25) is 14.5 Å². The number of halogens is 2. The molecule has 1 unspecified atom stereocenters. The van der Waals surface area contributed by atoms with Crippen LogP contribution in [0.2, 0.25) is 10.0 Å². The molecule has 0 spiro atoms. The summed E-state index contributed by atoms with van der Waals surface area (Å²) in [5, 5.41) is 21.6. The number of benzene rings is 4. The minimum Gasteiger partial charge on any atom is -0.507 e. The molecule has 2 heterocycles. The minimum atomic E-state index is -1.06. The molecule has 0 bridgehead atoms. The summed E-state index contributed by atoms with van der Waals surface area (Å²) < 4.78 is 18.4. The fraction of sp³-hybridized carbons (Fsp3) is 0.211. The average molecular weight is 763 g/mol.